The van der Waals surface area contributed by atoms with Gasteiger partial charge >= 0.3 is 0 Å². The topological polar surface area (TPSA) is 56.0 Å². The highest BCUT2D eigenvalue weighted by Gasteiger charge is 2.19. The zero-order chi connectivity index (χ0) is 15.4. The molecule has 1 aromatic heterocycles. The zero-order valence-electron chi connectivity index (χ0n) is 11.0. The molecule has 0 aliphatic rings. The number of aromatic nitrogens is 1. The van der Waals surface area contributed by atoms with E-state index in [0.717, 1.165) is 17.8 Å². The minimum Gasteiger partial charge on any atom is -0.618 e. The third kappa shape index (κ3) is 4.09. The smallest absolute Gasteiger partial charge is 0.252 e. The van der Waals surface area contributed by atoms with Crippen molar-refractivity contribution in [3.8, 4) is 0 Å². The molecular formula is C14H12ClFN2O2S. The van der Waals surface area contributed by atoms with Gasteiger partial charge in [0.2, 0.25) is 5.91 Å². The van der Waals surface area contributed by atoms with Crippen LogP contribution in [0.1, 0.15) is 6.92 Å². The largest absolute Gasteiger partial charge is 0.618 e. The van der Waals surface area contributed by atoms with Gasteiger partial charge in [0, 0.05) is 12.1 Å². The third-order valence-electron chi connectivity index (χ3n) is 2.64. The summed E-state index contributed by atoms with van der Waals surface area (Å²) in [5.74, 6) is -0.797. The first-order valence-corrected chi connectivity index (χ1v) is 7.34. The quantitative estimate of drug-likeness (QED) is 0.533. The van der Waals surface area contributed by atoms with Gasteiger partial charge < -0.3 is 10.5 Å². The maximum Gasteiger partial charge on any atom is 0.252 e. The van der Waals surface area contributed by atoms with Crippen molar-refractivity contribution in [3.05, 3.63) is 58.6 Å². The van der Waals surface area contributed by atoms with E-state index in [4.69, 9.17) is 11.6 Å². The van der Waals surface area contributed by atoms with E-state index in [-0.39, 0.29) is 10.9 Å². The predicted molar refractivity (Wildman–Crippen MR) is 80.8 cm³/mol. The molecule has 2 rings (SSSR count). The molecule has 1 amide bonds. The predicted octanol–water partition coefficient (Wildman–Crippen LogP) is 3.23. The molecule has 110 valence electrons. The Hall–Kier alpha value is -1.79. The number of rotatable bonds is 4. The van der Waals surface area contributed by atoms with Crippen LogP contribution in [0.5, 0.6) is 0 Å². The number of nitrogens with zero attached hydrogens (tertiary/aromatic N) is 1. The van der Waals surface area contributed by atoms with Gasteiger partial charge in [0.15, 0.2) is 6.20 Å². The molecule has 1 heterocycles. The van der Waals surface area contributed by atoms with Crippen LogP contribution in [0.2, 0.25) is 5.02 Å². The first-order chi connectivity index (χ1) is 9.97. The minimum atomic E-state index is -0.506. The van der Waals surface area contributed by atoms with E-state index >= 15 is 0 Å². The average Bonchev–Trinajstić information content (AvgIpc) is 2.44. The van der Waals surface area contributed by atoms with Crippen LogP contribution in [0.15, 0.2) is 47.6 Å². The summed E-state index contributed by atoms with van der Waals surface area (Å²) in [4.78, 5) is 12.1. The number of anilines is 1. The molecule has 21 heavy (non-hydrogen) atoms. The van der Waals surface area contributed by atoms with Gasteiger partial charge in [0.05, 0.1) is 16.0 Å². The second-order valence-electron chi connectivity index (χ2n) is 4.24. The summed E-state index contributed by atoms with van der Waals surface area (Å²) < 4.78 is 13.6. The highest BCUT2D eigenvalue weighted by atomic mass is 35.5. The highest BCUT2D eigenvalue weighted by molar-refractivity contribution is 8.00. The van der Waals surface area contributed by atoms with Gasteiger partial charge in [-0.1, -0.05) is 11.6 Å². The van der Waals surface area contributed by atoms with E-state index in [9.17, 15) is 14.4 Å². The van der Waals surface area contributed by atoms with Crippen molar-refractivity contribution >= 4 is 35.0 Å². The van der Waals surface area contributed by atoms with Crippen LogP contribution in [0, 0.1) is 11.0 Å². The lowest BCUT2D eigenvalue weighted by Gasteiger charge is -2.12. The van der Waals surface area contributed by atoms with Crippen LogP contribution >= 0.6 is 23.4 Å². The Labute approximate surface area is 130 Å². The van der Waals surface area contributed by atoms with Crippen LogP contribution in [0.25, 0.3) is 0 Å². The van der Waals surface area contributed by atoms with Crippen LogP contribution in [-0.2, 0) is 4.79 Å². The Bertz CT molecular complexity index is 669. The number of carbonyl (C=O) groups excluding carboxylic acids is 1. The number of carbonyl (C=O) groups is 1. The molecule has 0 saturated heterocycles. The van der Waals surface area contributed by atoms with Gasteiger partial charge in [-0.3, -0.25) is 4.79 Å². The Kier molecular flexibility index (Phi) is 5.03. The summed E-state index contributed by atoms with van der Waals surface area (Å²) in [7, 11) is 0. The van der Waals surface area contributed by atoms with E-state index in [1.165, 1.54) is 18.3 Å². The number of pyridine rings is 1. The van der Waals surface area contributed by atoms with Gasteiger partial charge in [-0.15, -0.1) is 0 Å². The summed E-state index contributed by atoms with van der Waals surface area (Å²) in [6, 6.07) is 8.69. The van der Waals surface area contributed by atoms with Crippen molar-refractivity contribution in [2.24, 2.45) is 0 Å². The number of hydrogen-bond donors (Lipinski definition) is 1. The number of hydrogen-bond acceptors (Lipinski definition) is 3. The average molecular weight is 327 g/mol. The highest BCUT2D eigenvalue weighted by Crippen LogP contribution is 2.25. The monoisotopic (exact) mass is 326 g/mol. The molecule has 1 N–H and O–H groups in total. The van der Waals surface area contributed by atoms with Crippen molar-refractivity contribution in [1.29, 1.82) is 0 Å². The molecule has 2 aromatic rings. The fraction of sp³-hybridized carbons (Fsp3) is 0.143. The Balaban J connectivity index is 2.04. The lowest BCUT2D eigenvalue weighted by Crippen LogP contribution is -2.30. The van der Waals surface area contributed by atoms with Crippen LogP contribution < -0.4 is 10.0 Å². The maximum absolute atomic E-state index is 12.9. The molecule has 0 fully saturated rings. The van der Waals surface area contributed by atoms with Gasteiger partial charge in [-0.25, -0.2) is 4.39 Å². The molecule has 0 saturated carbocycles. The summed E-state index contributed by atoms with van der Waals surface area (Å²) >= 11 is 6.98. The van der Waals surface area contributed by atoms with Crippen molar-refractivity contribution in [2.45, 2.75) is 17.2 Å². The van der Waals surface area contributed by atoms with Crippen LogP contribution in [0.3, 0.4) is 0 Å². The fourth-order valence-electron chi connectivity index (χ4n) is 1.56. The maximum atomic E-state index is 12.9. The van der Waals surface area contributed by atoms with Gasteiger partial charge in [-0.05, 0) is 43.0 Å². The lowest BCUT2D eigenvalue weighted by atomic mass is 10.3. The Morgan fingerprint density at radius 2 is 2.19 bits per heavy atom. The zero-order valence-corrected chi connectivity index (χ0v) is 12.6. The number of nitrogens with one attached hydrogen (secondary N) is 1. The van der Waals surface area contributed by atoms with Gasteiger partial charge in [0.25, 0.3) is 5.03 Å². The SMILES string of the molecule is C[C@@H](Sc1cccc[n+]1[O-])C(=O)Nc1ccc(F)cc1Cl. The van der Waals surface area contributed by atoms with Crippen molar-refractivity contribution in [2.75, 3.05) is 5.32 Å². The van der Waals surface area contributed by atoms with E-state index in [0.29, 0.717) is 15.4 Å². The molecule has 0 aliphatic heterocycles. The second-order valence-corrected chi connectivity index (χ2v) is 6.01. The number of halogens is 2. The summed E-state index contributed by atoms with van der Waals surface area (Å²) in [6.07, 6.45) is 1.36. The van der Waals surface area contributed by atoms with Crippen molar-refractivity contribution < 1.29 is 13.9 Å². The van der Waals surface area contributed by atoms with E-state index in [1.54, 1.807) is 25.1 Å². The van der Waals surface area contributed by atoms with E-state index in [2.05, 4.69) is 5.32 Å². The first-order valence-electron chi connectivity index (χ1n) is 6.08. The molecule has 0 spiro atoms. The van der Waals surface area contributed by atoms with Crippen molar-refractivity contribution in [3.63, 3.8) is 0 Å². The standard InChI is InChI=1S/C14H12ClFN2O2S/c1-9(21-13-4-2-3-7-18(13)20)14(19)17-12-6-5-10(16)8-11(12)15/h2-9H,1H3,(H,17,19)/t9-/m1/s1. The summed E-state index contributed by atoms with van der Waals surface area (Å²) in [5.41, 5.74) is 0.332. The third-order valence-corrected chi connectivity index (χ3v) is 4.08. The molecule has 0 aliphatic carbocycles. The number of benzene rings is 1. The lowest BCUT2D eigenvalue weighted by molar-refractivity contribution is -0.645. The van der Waals surface area contributed by atoms with Gasteiger partial charge in [-0.2, -0.15) is 4.73 Å². The summed E-state index contributed by atoms with van der Waals surface area (Å²) in [5, 5.41) is 14.2. The van der Waals surface area contributed by atoms with E-state index < -0.39 is 11.1 Å². The molecule has 1 atom stereocenters. The molecule has 0 radical (unpaired) electrons. The molecule has 0 bridgehead atoms. The van der Waals surface area contributed by atoms with E-state index in [1.807, 2.05) is 0 Å². The number of thioether (sulfide) groups is 1. The first kappa shape index (κ1) is 15.6. The van der Waals surface area contributed by atoms with Crippen LogP contribution in [-0.4, -0.2) is 11.2 Å². The Morgan fingerprint density at radius 3 is 2.86 bits per heavy atom. The molecule has 0 unspecified atom stereocenters. The Morgan fingerprint density at radius 1 is 1.43 bits per heavy atom. The molecule has 7 heteroatoms. The minimum absolute atomic E-state index is 0.124. The van der Waals surface area contributed by atoms with Crippen molar-refractivity contribution in [1.82, 2.24) is 0 Å². The second kappa shape index (κ2) is 6.78. The van der Waals surface area contributed by atoms with Gasteiger partial charge in [0.1, 0.15) is 5.82 Å². The molecule has 1 aromatic carbocycles. The molecule has 4 nitrogen and oxygen atoms in total. The normalized spacial score (nSPS) is 12.0. The molecular weight excluding hydrogens is 315 g/mol. The van der Waals surface area contributed by atoms with Crippen LogP contribution in [0.4, 0.5) is 10.1 Å². The fourth-order valence-corrected chi connectivity index (χ4v) is 2.63. The summed E-state index contributed by atoms with van der Waals surface area (Å²) in [6.45, 7) is 1.67. The number of amides is 1.